The van der Waals surface area contributed by atoms with E-state index in [1.54, 1.807) is 29.0 Å². The molecule has 5 atom stereocenters. The third kappa shape index (κ3) is 6.85. The number of anilines is 2. The van der Waals surface area contributed by atoms with Gasteiger partial charge in [0.2, 0.25) is 5.91 Å². The fourth-order valence-corrected chi connectivity index (χ4v) is 13.7. The summed E-state index contributed by atoms with van der Waals surface area (Å²) in [5.74, 6) is 0.0192. The zero-order valence-corrected chi connectivity index (χ0v) is 33.9. The van der Waals surface area contributed by atoms with E-state index >= 15 is 4.79 Å². The van der Waals surface area contributed by atoms with Crippen molar-refractivity contribution in [3.05, 3.63) is 155 Å². The van der Waals surface area contributed by atoms with Crippen LogP contribution >= 0.6 is 0 Å². The van der Waals surface area contributed by atoms with Crippen molar-refractivity contribution in [3.8, 4) is 5.75 Å². The Balaban J connectivity index is 1.14. The molecular weight excluding hydrogens is 731 g/mol. The number of hydrogen-bond acceptors (Lipinski definition) is 6. The molecule has 292 valence electrons. The van der Waals surface area contributed by atoms with Crippen LogP contribution in [0, 0.1) is 5.92 Å². The second kappa shape index (κ2) is 15.4. The molecule has 1 saturated heterocycles. The smallest absolute Gasteiger partial charge is 0.264 e. The lowest BCUT2D eigenvalue weighted by Crippen LogP contribution is -2.52. The van der Waals surface area contributed by atoms with Crippen LogP contribution in [0.2, 0.25) is 18.6 Å². The quantitative estimate of drug-likeness (QED) is 0.147. The van der Waals surface area contributed by atoms with E-state index in [0.29, 0.717) is 24.2 Å². The molecule has 0 aromatic heterocycles. The van der Waals surface area contributed by atoms with Gasteiger partial charge >= 0.3 is 0 Å². The number of amides is 3. The van der Waals surface area contributed by atoms with E-state index in [0.717, 1.165) is 33.7 Å². The van der Waals surface area contributed by atoms with E-state index in [-0.39, 0.29) is 54.8 Å². The van der Waals surface area contributed by atoms with Crippen molar-refractivity contribution in [3.63, 3.8) is 0 Å². The number of rotatable bonds is 10. The Bertz CT molecular complexity index is 2300. The number of nitrogens with zero attached hydrogens (tertiary/aromatic N) is 2. The van der Waals surface area contributed by atoms with Gasteiger partial charge in [-0.3, -0.25) is 14.4 Å². The molecule has 1 fully saturated rings. The molecule has 3 amide bonds. The lowest BCUT2D eigenvalue weighted by molar-refractivity contribution is -0.151. The minimum atomic E-state index is -2.51. The molecule has 8 rings (SSSR count). The van der Waals surface area contributed by atoms with Gasteiger partial charge in [-0.05, 0) is 71.1 Å². The number of para-hydroxylation sites is 1. The third-order valence-corrected chi connectivity index (χ3v) is 16.9. The molecule has 57 heavy (non-hydrogen) atoms. The number of methoxy groups -OCH3 is 1. The maximum absolute atomic E-state index is 15.3. The molecule has 9 nitrogen and oxygen atoms in total. The standard InChI is InChI=1S/C47H49N3O6Si/c1-31-44(57(3,4)39-23-21-38(55-2)22-24-39)42(27-43(52)49-29-35-17-9-8-16-34(35)26-37(49)30-51)56-47(31)40-19-10-11-20-41(40)50(46(47)54)28-32-13-12-18-36(25-32)48-45(53)33-14-6-5-7-15-33/h5-25,31,37,42,44,51H,26-30H2,1-4H3,(H,48,53)/t31-,37+,42+,44-,47+/m1/s1. The first kappa shape index (κ1) is 38.3. The molecule has 0 radical (unpaired) electrons. The molecule has 0 aliphatic carbocycles. The summed E-state index contributed by atoms with van der Waals surface area (Å²) in [4.78, 5) is 46.5. The largest absolute Gasteiger partial charge is 0.497 e. The van der Waals surface area contributed by atoms with Gasteiger partial charge in [-0.25, -0.2) is 0 Å². The van der Waals surface area contributed by atoms with Crippen molar-refractivity contribution >= 4 is 42.4 Å². The summed E-state index contributed by atoms with van der Waals surface area (Å²) in [6.07, 6.45) is 0.0968. The van der Waals surface area contributed by atoms with E-state index < -0.39 is 19.8 Å². The molecular formula is C47H49N3O6Si. The Morgan fingerprint density at radius 2 is 1.60 bits per heavy atom. The van der Waals surface area contributed by atoms with Crippen LogP contribution in [-0.2, 0) is 39.4 Å². The van der Waals surface area contributed by atoms with E-state index in [2.05, 4.69) is 43.5 Å². The minimum Gasteiger partial charge on any atom is -0.497 e. The molecule has 1 spiro atoms. The van der Waals surface area contributed by atoms with Crippen molar-refractivity contribution in [1.82, 2.24) is 4.90 Å². The highest BCUT2D eigenvalue weighted by Crippen LogP contribution is 2.60. The normalized spacial score (nSPS) is 22.6. The van der Waals surface area contributed by atoms with E-state index in [1.807, 2.05) is 97.1 Å². The van der Waals surface area contributed by atoms with Crippen LogP contribution in [0.1, 0.15) is 46.0 Å². The number of fused-ring (bicyclic) bond motifs is 3. The summed E-state index contributed by atoms with van der Waals surface area (Å²) in [6.45, 7) is 7.28. The van der Waals surface area contributed by atoms with Gasteiger partial charge in [0.25, 0.3) is 11.8 Å². The molecule has 5 aromatic carbocycles. The van der Waals surface area contributed by atoms with Gasteiger partial charge in [-0.15, -0.1) is 0 Å². The number of benzene rings is 5. The summed E-state index contributed by atoms with van der Waals surface area (Å²) in [5, 5.41) is 14.7. The van der Waals surface area contributed by atoms with Gasteiger partial charge in [-0.2, -0.15) is 0 Å². The zero-order chi connectivity index (χ0) is 39.9. The van der Waals surface area contributed by atoms with Gasteiger partial charge in [0.05, 0.1) is 52.6 Å². The van der Waals surface area contributed by atoms with E-state index in [1.165, 1.54) is 5.19 Å². The number of aliphatic hydroxyl groups excluding tert-OH is 1. The highest BCUT2D eigenvalue weighted by Gasteiger charge is 2.66. The van der Waals surface area contributed by atoms with Crippen molar-refractivity contribution in [2.75, 3.05) is 23.9 Å². The first-order valence-electron chi connectivity index (χ1n) is 19.7. The predicted octanol–water partition coefficient (Wildman–Crippen LogP) is 7.05. The molecule has 3 aliphatic heterocycles. The van der Waals surface area contributed by atoms with Gasteiger partial charge in [-0.1, -0.05) is 110 Å². The van der Waals surface area contributed by atoms with Crippen molar-refractivity contribution in [2.45, 2.75) is 69.2 Å². The number of aliphatic hydroxyl groups is 1. The van der Waals surface area contributed by atoms with Crippen LogP contribution in [0.25, 0.3) is 0 Å². The fraction of sp³-hybridized carbons (Fsp3) is 0.298. The number of carbonyl (C=O) groups excluding carboxylic acids is 3. The average molecular weight is 780 g/mol. The van der Waals surface area contributed by atoms with Crippen LogP contribution in [0.3, 0.4) is 0 Å². The Morgan fingerprint density at radius 3 is 2.33 bits per heavy atom. The highest BCUT2D eigenvalue weighted by atomic mass is 28.3. The fourth-order valence-electron chi connectivity index (χ4n) is 9.68. The van der Waals surface area contributed by atoms with Crippen molar-refractivity contribution in [1.29, 1.82) is 0 Å². The Kier molecular flexibility index (Phi) is 10.4. The Hall–Kier alpha value is -5.55. The van der Waals surface area contributed by atoms with Crippen LogP contribution < -0.4 is 20.1 Å². The third-order valence-electron chi connectivity index (χ3n) is 12.6. The van der Waals surface area contributed by atoms with Crippen LogP contribution in [0.15, 0.2) is 127 Å². The van der Waals surface area contributed by atoms with Crippen LogP contribution in [0.5, 0.6) is 5.75 Å². The van der Waals surface area contributed by atoms with Gasteiger partial charge in [0.15, 0.2) is 5.60 Å². The Morgan fingerprint density at radius 1 is 0.895 bits per heavy atom. The number of ether oxygens (including phenoxy) is 2. The first-order chi connectivity index (χ1) is 27.5. The number of nitrogens with one attached hydrogen (secondary N) is 1. The van der Waals surface area contributed by atoms with Crippen molar-refractivity contribution < 1.29 is 29.0 Å². The van der Waals surface area contributed by atoms with E-state index in [9.17, 15) is 14.7 Å². The van der Waals surface area contributed by atoms with Gasteiger partial charge < -0.3 is 29.7 Å². The van der Waals surface area contributed by atoms with Gasteiger partial charge in [0.1, 0.15) is 5.75 Å². The predicted molar refractivity (Wildman–Crippen MR) is 224 cm³/mol. The highest BCUT2D eigenvalue weighted by molar-refractivity contribution is 6.91. The molecule has 3 aliphatic rings. The molecule has 10 heteroatoms. The average Bonchev–Trinajstić information content (AvgIpc) is 3.66. The van der Waals surface area contributed by atoms with E-state index in [4.69, 9.17) is 9.47 Å². The maximum atomic E-state index is 15.3. The monoisotopic (exact) mass is 779 g/mol. The summed E-state index contributed by atoms with van der Waals surface area (Å²) in [6, 6.07) is 40.4. The maximum Gasteiger partial charge on any atom is 0.264 e. The number of hydrogen-bond donors (Lipinski definition) is 2. The SMILES string of the molecule is COc1ccc([Si](C)(C)[C@H]2[C@H](CC(=O)N3Cc4ccccc4C[C@H]3CO)O[C@@]3(C(=O)N(Cc4cccc(NC(=O)c5ccccc5)c4)c4ccccc43)[C@@H]2C)cc1. The lowest BCUT2D eigenvalue weighted by Gasteiger charge is -2.39. The second-order valence-corrected chi connectivity index (χ2v) is 20.8. The first-order valence-corrected chi connectivity index (χ1v) is 22.8. The van der Waals surface area contributed by atoms with Crippen molar-refractivity contribution in [2.24, 2.45) is 5.92 Å². The molecule has 2 N–H and O–H groups in total. The molecule has 0 unspecified atom stereocenters. The molecule has 3 heterocycles. The molecule has 0 bridgehead atoms. The molecule has 0 saturated carbocycles. The summed E-state index contributed by atoms with van der Waals surface area (Å²) in [7, 11) is -0.858. The molecule has 5 aromatic rings. The second-order valence-electron chi connectivity index (χ2n) is 16.1. The minimum absolute atomic E-state index is 0.0839. The Labute approximate surface area is 335 Å². The van der Waals surface area contributed by atoms with Crippen LogP contribution in [-0.4, -0.2) is 61.7 Å². The number of carbonyl (C=O) groups is 3. The van der Waals surface area contributed by atoms with Gasteiger partial charge in [0, 0.05) is 29.3 Å². The summed E-state index contributed by atoms with van der Waals surface area (Å²) < 4.78 is 12.8. The lowest BCUT2D eigenvalue weighted by atomic mass is 9.82. The topological polar surface area (TPSA) is 108 Å². The van der Waals surface area contributed by atoms with Crippen LogP contribution in [0.4, 0.5) is 11.4 Å². The summed E-state index contributed by atoms with van der Waals surface area (Å²) in [5.41, 5.74) is 4.38. The summed E-state index contributed by atoms with van der Waals surface area (Å²) >= 11 is 0. The zero-order valence-electron chi connectivity index (χ0n) is 32.9.